The van der Waals surface area contributed by atoms with Gasteiger partial charge in [0.15, 0.2) is 11.5 Å². The van der Waals surface area contributed by atoms with Gasteiger partial charge in [-0.05, 0) is 62.8 Å². The van der Waals surface area contributed by atoms with Crippen LogP contribution in [0, 0.1) is 11.3 Å². The molecule has 0 aromatic heterocycles. The Morgan fingerprint density at radius 1 is 1.19 bits per heavy atom. The molecule has 2 aliphatic rings. The molecule has 8 heteroatoms. The van der Waals surface area contributed by atoms with Gasteiger partial charge in [-0.2, -0.15) is 0 Å². The highest BCUT2D eigenvalue weighted by Crippen LogP contribution is 2.45. The van der Waals surface area contributed by atoms with Crippen molar-refractivity contribution >= 4 is 11.9 Å². The number of carbonyl (C=O) groups is 2. The number of rotatable bonds is 13. The van der Waals surface area contributed by atoms with E-state index >= 15 is 0 Å². The largest absolute Gasteiger partial charge is 0.481 e. The lowest BCUT2D eigenvalue weighted by Crippen LogP contribution is -2.46. The van der Waals surface area contributed by atoms with Gasteiger partial charge in [-0.25, -0.2) is 0 Å². The van der Waals surface area contributed by atoms with E-state index < -0.39 is 11.9 Å². The number of likely N-dealkylation sites (tertiary alicyclic amines) is 1. The van der Waals surface area contributed by atoms with Gasteiger partial charge in [0.2, 0.25) is 12.7 Å². The molecule has 1 saturated heterocycles. The summed E-state index contributed by atoms with van der Waals surface area (Å²) in [7, 11) is 0. The summed E-state index contributed by atoms with van der Waals surface area (Å²) < 4.78 is 11.0. The Morgan fingerprint density at radius 2 is 1.89 bits per heavy atom. The number of allylic oxidation sites excluding steroid dienone is 2. The number of hydrogen-bond donors (Lipinski definition) is 2. The van der Waals surface area contributed by atoms with Crippen LogP contribution in [0.15, 0.2) is 29.8 Å². The fourth-order valence-electron chi connectivity index (χ4n) is 5.87. The van der Waals surface area contributed by atoms with Crippen molar-refractivity contribution < 1.29 is 24.2 Å². The quantitative estimate of drug-likeness (QED) is 0.379. The number of benzene rings is 1. The molecule has 206 valence electrons. The van der Waals surface area contributed by atoms with Crippen LogP contribution in [-0.2, 0) is 9.59 Å². The Bertz CT molecular complexity index is 964. The van der Waals surface area contributed by atoms with Crippen LogP contribution in [0.1, 0.15) is 71.8 Å². The molecule has 1 amide bonds. The monoisotopic (exact) mass is 515 g/mol. The van der Waals surface area contributed by atoms with Crippen LogP contribution < -0.4 is 15.2 Å². The van der Waals surface area contributed by atoms with Crippen LogP contribution in [0.3, 0.4) is 0 Å². The highest BCUT2D eigenvalue weighted by Gasteiger charge is 2.48. The molecule has 37 heavy (non-hydrogen) atoms. The summed E-state index contributed by atoms with van der Waals surface area (Å²) in [4.78, 5) is 30.3. The van der Waals surface area contributed by atoms with Crippen molar-refractivity contribution in [1.29, 1.82) is 0 Å². The second-order valence-corrected chi connectivity index (χ2v) is 11.4. The van der Waals surface area contributed by atoms with Gasteiger partial charge in [0.05, 0.1) is 12.5 Å². The highest BCUT2D eigenvalue weighted by molar-refractivity contribution is 5.79. The standard InChI is InChI=1S/C29H45N3O5/c1-6-7-12-31(13-8-11-30)26(33)18-32-17-22(21-9-10-24-25(14-21)37-19-36-24)27(28(34)35)23(32)16-29(4,5)15-20(2)3/h9-10,14-15,22-23,27H,6-8,11-13,16-19,30H2,1-5H3,(H,34,35). The summed E-state index contributed by atoms with van der Waals surface area (Å²) in [6.45, 7) is 13.2. The van der Waals surface area contributed by atoms with Gasteiger partial charge in [-0.15, -0.1) is 0 Å². The molecule has 1 aromatic carbocycles. The number of carboxylic acids is 1. The minimum absolute atomic E-state index is 0.0439. The number of aliphatic carboxylic acids is 1. The van der Waals surface area contributed by atoms with E-state index in [1.54, 1.807) is 0 Å². The normalized spacial score (nSPS) is 21.2. The molecule has 0 aliphatic carbocycles. The lowest BCUT2D eigenvalue weighted by atomic mass is 9.77. The van der Waals surface area contributed by atoms with Gasteiger partial charge in [0.1, 0.15) is 0 Å². The number of fused-ring (bicyclic) bond motifs is 1. The number of nitrogens with zero attached hydrogens (tertiary/aromatic N) is 2. The van der Waals surface area contributed by atoms with Crippen LogP contribution >= 0.6 is 0 Å². The number of amides is 1. The molecule has 3 N–H and O–H groups in total. The van der Waals surface area contributed by atoms with Gasteiger partial charge in [-0.3, -0.25) is 14.5 Å². The summed E-state index contributed by atoms with van der Waals surface area (Å²) in [6.07, 6.45) is 5.54. The molecule has 0 saturated carbocycles. The van der Waals surface area contributed by atoms with E-state index in [2.05, 4.69) is 45.6 Å². The molecular weight excluding hydrogens is 470 g/mol. The predicted molar refractivity (Wildman–Crippen MR) is 145 cm³/mol. The Labute approximate surface area is 221 Å². The zero-order valence-corrected chi connectivity index (χ0v) is 23.2. The number of carboxylic acid groups (broad SMARTS) is 1. The lowest BCUT2D eigenvalue weighted by Gasteiger charge is -2.34. The molecule has 3 rings (SSSR count). The van der Waals surface area contributed by atoms with E-state index in [1.807, 2.05) is 23.1 Å². The van der Waals surface area contributed by atoms with Gasteiger partial charge >= 0.3 is 5.97 Å². The third-order valence-corrected chi connectivity index (χ3v) is 7.38. The van der Waals surface area contributed by atoms with Crippen molar-refractivity contribution in [3.05, 3.63) is 35.4 Å². The predicted octanol–water partition coefficient (Wildman–Crippen LogP) is 4.24. The lowest BCUT2D eigenvalue weighted by molar-refractivity contribution is -0.144. The van der Waals surface area contributed by atoms with E-state index in [4.69, 9.17) is 15.2 Å². The minimum atomic E-state index is -0.832. The van der Waals surface area contributed by atoms with Crippen LogP contribution in [0.5, 0.6) is 11.5 Å². The first-order valence-corrected chi connectivity index (χ1v) is 13.6. The van der Waals surface area contributed by atoms with Crippen molar-refractivity contribution in [3.63, 3.8) is 0 Å². The first-order valence-electron chi connectivity index (χ1n) is 13.6. The number of carbonyl (C=O) groups excluding carboxylic acids is 1. The molecule has 3 unspecified atom stereocenters. The molecule has 3 atom stereocenters. The maximum absolute atomic E-state index is 13.5. The van der Waals surface area contributed by atoms with Gasteiger partial charge in [-0.1, -0.05) is 44.9 Å². The number of hydrogen-bond acceptors (Lipinski definition) is 6. The molecule has 1 aromatic rings. The Balaban J connectivity index is 1.93. The molecule has 1 fully saturated rings. The molecule has 0 spiro atoms. The highest BCUT2D eigenvalue weighted by atomic mass is 16.7. The molecule has 0 bridgehead atoms. The van der Waals surface area contributed by atoms with E-state index in [-0.39, 0.29) is 36.6 Å². The summed E-state index contributed by atoms with van der Waals surface area (Å²) in [5, 5.41) is 10.5. The van der Waals surface area contributed by atoms with Crippen molar-refractivity contribution in [2.24, 2.45) is 17.1 Å². The second-order valence-electron chi connectivity index (χ2n) is 11.4. The molecule has 2 heterocycles. The second kappa shape index (κ2) is 12.8. The fraction of sp³-hybridized carbons (Fsp3) is 0.655. The SMILES string of the molecule is CCCCN(CCCN)C(=O)CN1CC(c2ccc3c(c2)OCO3)C(C(=O)O)C1CC(C)(C)C=C(C)C. The van der Waals surface area contributed by atoms with E-state index in [0.717, 1.165) is 24.8 Å². The molecular formula is C29H45N3O5. The van der Waals surface area contributed by atoms with Crippen LogP contribution in [0.4, 0.5) is 0 Å². The third kappa shape index (κ3) is 7.48. The summed E-state index contributed by atoms with van der Waals surface area (Å²) >= 11 is 0. The minimum Gasteiger partial charge on any atom is -0.481 e. The van der Waals surface area contributed by atoms with Gasteiger partial charge in [0, 0.05) is 31.6 Å². The maximum Gasteiger partial charge on any atom is 0.308 e. The van der Waals surface area contributed by atoms with Crippen LogP contribution in [0.2, 0.25) is 0 Å². The average molecular weight is 516 g/mol. The van der Waals surface area contributed by atoms with Crippen molar-refractivity contribution in [2.45, 2.75) is 72.3 Å². The van der Waals surface area contributed by atoms with Crippen LogP contribution in [0.25, 0.3) is 0 Å². The molecule has 2 aliphatic heterocycles. The zero-order valence-electron chi connectivity index (χ0n) is 23.2. The fourth-order valence-corrected chi connectivity index (χ4v) is 5.87. The first-order chi connectivity index (χ1) is 17.6. The average Bonchev–Trinajstić information content (AvgIpc) is 3.42. The molecule has 0 radical (unpaired) electrons. The number of unbranched alkanes of at least 4 members (excludes halogenated alkanes) is 1. The van der Waals surface area contributed by atoms with E-state index in [0.29, 0.717) is 44.1 Å². The van der Waals surface area contributed by atoms with Gasteiger partial charge < -0.3 is 25.2 Å². The van der Waals surface area contributed by atoms with Crippen molar-refractivity contribution in [3.8, 4) is 11.5 Å². The van der Waals surface area contributed by atoms with Crippen LogP contribution in [-0.4, -0.2) is 72.3 Å². The van der Waals surface area contributed by atoms with Crippen molar-refractivity contribution in [1.82, 2.24) is 9.80 Å². The summed E-state index contributed by atoms with van der Waals surface area (Å²) in [5.74, 6) is -0.381. The molecule has 8 nitrogen and oxygen atoms in total. The summed E-state index contributed by atoms with van der Waals surface area (Å²) in [6, 6.07) is 5.41. The van der Waals surface area contributed by atoms with Crippen molar-refractivity contribution in [2.75, 3.05) is 39.5 Å². The Kier molecular flexibility index (Phi) is 10.0. The van der Waals surface area contributed by atoms with E-state index in [1.165, 1.54) is 5.57 Å². The smallest absolute Gasteiger partial charge is 0.308 e. The maximum atomic E-state index is 13.5. The van der Waals surface area contributed by atoms with Gasteiger partial charge in [0.25, 0.3) is 0 Å². The third-order valence-electron chi connectivity index (χ3n) is 7.38. The van der Waals surface area contributed by atoms with E-state index in [9.17, 15) is 14.7 Å². The zero-order chi connectivity index (χ0) is 27.2. The summed E-state index contributed by atoms with van der Waals surface area (Å²) in [5.41, 5.74) is 7.61. The first kappa shape index (κ1) is 29.0. The number of ether oxygens (including phenoxy) is 2. The topological polar surface area (TPSA) is 105 Å². The Hall–Kier alpha value is -2.58. The number of nitrogens with two attached hydrogens (primary N) is 1. The Morgan fingerprint density at radius 3 is 2.54 bits per heavy atom.